The molecule has 11 nitrogen and oxygen atoms in total. The topological polar surface area (TPSA) is 138 Å². The summed E-state index contributed by atoms with van der Waals surface area (Å²) >= 11 is 18.9. The lowest BCUT2D eigenvalue weighted by Gasteiger charge is -2.10. The fourth-order valence-corrected chi connectivity index (χ4v) is 6.15. The molecule has 0 saturated heterocycles. The minimum absolute atomic E-state index is 0.0257. The predicted molar refractivity (Wildman–Crippen MR) is 187 cm³/mol. The van der Waals surface area contributed by atoms with Crippen molar-refractivity contribution >= 4 is 67.6 Å². The summed E-state index contributed by atoms with van der Waals surface area (Å²) in [5, 5.41) is 11.4. The highest BCUT2D eigenvalue weighted by atomic mass is 35.5. The number of aromatic nitrogens is 5. The summed E-state index contributed by atoms with van der Waals surface area (Å²) in [4.78, 5) is 24.1. The van der Waals surface area contributed by atoms with Crippen LogP contribution in [0.25, 0.3) is 16.9 Å². The van der Waals surface area contributed by atoms with E-state index in [0.717, 1.165) is 36.5 Å². The van der Waals surface area contributed by atoms with Gasteiger partial charge in [-0.2, -0.15) is 13.5 Å². The number of nitrogens with zero attached hydrogens (tertiary/aromatic N) is 5. The van der Waals surface area contributed by atoms with Gasteiger partial charge in [-0.15, -0.1) is 15.3 Å². The summed E-state index contributed by atoms with van der Waals surface area (Å²) in [6, 6.07) is 13.3. The summed E-state index contributed by atoms with van der Waals surface area (Å²) in [5.74, 6) is 0.873. The zero-order valence-corrected chi connectivity index (χ0v) is 30.0. The van der Waals surface area contributed by atoms with Crippen LogP contribution in [-0.4, -0.2) is 50.3 Å². The van der Waals surface area contributed by atoms with Crippen LogP contribution in [0.2, 0.25) is 15.2 Å². The maximum absolute atomic E-state index is 12.8. The number of unbranched alkanes of at least 4 members (excludes halogenated alkanes) is 5. The van der Waals surface area contributed by atoms with Gasteiger partial charge in [0.1, 0.15) is 11.5 Å². The Morgan fingerprint density at radius 2 is 1.67 bits per heavy atom. The second-order valence-electron chi connectivity index (χ2n) is 10.3. The normalized spacial score (nSPS) is 11.3. The van der Waals surface area contributed by atoms with Gasteiger partial charge in [0.05, 0.1) is 27.7 Å². The zero-order valence-electron chi connectivity index (χ0n) is 26.1. The summed E-state index contributed by atoms with van der Waals surface area (Å²) in [6.45, 7) is 0.357. The first-order chi connectivity index (χ1) is 22.7. The highest BCUT2D eigenvalue weighted by Gasteiger charge is 2.21. The molecule has 2 aromatic carbocycles. The number of sulfonamides is 1. The molecular weight excluding hydrogens is 733 g/mol. The molecule has 18 heteroatoms. The van der Waals surface area contributed by atoms with Crippen molar-refractivity contribution in [3.63, 3.8) is 0 Å². The zero-order chi connectivity index (χ0) is 35.4. The van der Waals surface area contributed by atoms with E-state index < -0.39 is 22.3 Å². The second kappa shape index (κ2) is 18.5. The Balaban J connectivity index is 0.000000261. The number of halogens is 5. The minimum Gasteiger partial charge on any atom is -0.416 e. The molecule has 0 bridgehead atoms. The van der Waals surface area contributed by atoms with E-state index in [-0.39, 0.29) is 42.3 Å². The van der Waals surface area contributed by atoms with Gasteiger partial charge in [0, 0.05) is 17.4 Å². The molecule has 4 rings (SSSR count). The number of carbonyl (C=O) groups excluding carboxylic acids is 1. The predicted octanol–water partition coefficient (Wildman–Crippen LogP) is 8.81. The van der Waals surface area contributed by atoms with E-state index >= 15 is 0 Å². The highest BCUT2D eigenvalue weighted by Crippen LogP contribution is 2.32. The van der Waals surface area contributed by atoms with Crippen LogP contribution in [0.1, 0.15) is 57.8 Å². The Kier molecular flexibility index (Phi) is 15.1. The number of nitrogens with one attached hydrogen (secondary N) is 1. The van der Waals surface area contributed by atoms with Gasteiger partial charge < -0.3 is 4.74 Å². The first kappa shape index (κ1) is 39.2. The van der Waals surface area contributed by atoms with Crippen LogP contribution in [0.3, 0.4) is 0 Å². The van der Waals surface area contributed by atoms with Gasteiger partial charge in [-0.3, -0.25) is 4.72 Å². The van der Waals surface area contributed by atoms with Crippen LogP contribution in [-0.2, 0) is 10.0 Å². The number of carbonyl (C=O) groups is 1. The summed E-state index contributed by atoms with van der Waals surface area (Å²) < 4.78 is 56.7. The van der Waals surface area contributed by atoms with E-state index in [1.54, 1.807) is 0 Å². The summed E-state index contributed by atoms with van der Waals surface area (Å²) in [6.07, 6.45) is 8.10. The van der Waals surface area contributed by atoms with Crippen molar-refractivity contribution in [2.45, 2.75) is 58.9 Å². The SMILES string of the molecule is CCCCCCCCSC(=O)Oc1cc(Cl)nnc1-c1ccccc1.Cc1nn(-c2cc(NS(C)(=O)=O)c(Cl)cc2Cl)c(=O)n1C(F)F. The number of hydrogen-bond donors (Lipinski definition) is 1. The van der Waals surface area contributed by atoms with Gasteiger partial charge in [0.15, 0.2) is 10.9 Å². The second-order valence-corrected chi connectivity index (χ2v) is 14.2. The number of rotatable bonds is 13. The Bertz CT molecular complexity index is 1860. The van der Waals surface area contributed by atoms with Crippen LogP contribution in [0.15, 0.2) is 53.3 Å². The van der Waals surface area contributed by atoms with Crippen LogP contribution >= 0.6 is 46.6 Å². The molecule has 0 saturated carbocycles. The molecule has 2 heterocycles. The van der Waals surface area contributed by atoms with Gasteiger partial charge >= 0.3 is 17.5 Å². The molecule has 0 atom stereocenters. The first-order valence-corrected chi connectivity index (χ1v) is 18.6. The number of hydrogen-bond acceptors (Lipinski definition) is 9. The van der Waals surface area contributed by atoms with Crippen molar-refractivity contribution in [3.05, 3.63) is 80.0 Å². The molecule has 1 N–H and O–H groups in total. The number of alkyl halides is 2. The monoisotopic (exact) mass is 764 g/mol. The lowest BCUT2D eigenvalue weighted by atomic mass is 10.1. The van der Waals surface area contributed by atoms with Gasteiger partial charge in [0.2, 0.25) is 10.0 Å². The molecule has 48 heavy (non-hydrogen) atoms. The van der Waals surface area contributed by atoms with E-state index in [2.05, 4.69) is 26.9 Å². The molecule has 0 aliphatic rings. The number of aryl methyl sites for hydroxylation is 1. The third kappa shape index (κ3) is 11.7. The van der Waals surface area contributed by atoms with Crippen molar-refractivity contribution < 1.29 is 26.7 Å². The molecule has 2 aromatic heterocycles. The van der Waals surface area contributed by atoms with Crippen LogP contribution in [0.4, 0.5) is 19.3 Å². The third-order valence-corrected chi connectivity index (χ3v) is 8.63. The van der Waals surface area contributed by atoms with E-state index in [4.69, 9.17) is 39.5 Å². The average molecular weight is 766 g/mol. The molecule has 0 fully saturated rings. The van der Waals surface area contributed by atoms with E-state index in [0.29, 0.717) is 16.1 Å². The summed E-state index contributed by atoms with van der Waals surface area (Å²) in [5.41, 5.74) is 0.0698. The first-order valence-electron chi connectivity index (χ1n) is 14.6. The molecule has 4 aromatic rings. The molecule has 0 radical (unpaired) electrons. The fourth-order valence-electron chi connectivity index (χ4n) is 4.22. The Hall–Kier alpha value is -3.24. The smallest absolute Gasteiger partial charge is 0.372 e. The van der Waals surface area contributed by atoms with Crippen LogP contribution in [0, 0.1) is 6.92 Å². The molecule has 0 unspecified atom stereocenters. The lowest BCUT2D eigenvalue weighted by Crippen LogP contribution is -2.25. The van der Waals surface area contributed by atoms with Gasteiger partial charge in [-0.25, -0.2) is 22.6 Å². The molecular formula is C30H33Cl3F2N6O5S2. The minimum atomic E-state index is -3.65. The highest BCUT2D eigenvalue weighted by molar-refractivity contribution is 8.13. The van der Waals surface area contributed by atoms with Crippen LogP contribution in [0.5, 0.6) is 5.75 Å². The van der Waals surface area contributed by atoms with Crippen molar-refractivity contribution in [2.24, 2.45) is 0 Å². The molecule has 0 aliphatic heterocycles. The molecule has 0 aliphatic carbocycles. The van der Waals surface area contributed by atoms with Crippen LogP contribution < -0.4 is 15.1 Å². The number of thioether (sulfide) groups is 1. The van der Waals surface area contributed by atoms with Crippen molar-refractivity contribution in [3.8, 4) is 22.7 Å². The maximum Gasteiger partial charge on any atom is 0.372 e. The maximum atomic E-state index is 12.8. The number of benzene rings is 2. The van der Waals surface area contributed by atoms with Crippen molar-refractivity contribution in [1.29, 1.82) is 0 Å². The lowest BCUT2D eigenvalue weighted by molar-refractivity contribution is 0.0640. The number of anilines is 1. The fraction of sp³-hybridized carbons (Fsp3) is 0.367. The summed E-state index contributed by atoms with van der Waals surface area (Å²) in [7, 11) is -3.65. The third-order valence-electron chi connectivity index (χ3n) is 6.42. The Labute approximate surface area is 296 Å². The quantitative estimate of drug-likeness (QED) is 0.105. The van der Waals surface area contributed by atoms with Crippen molar-refractivity contribution in [1.82, 2.24) is 24.5 Å². The average Bonchev–Trinajstić information content (AvgIpc) is 3.31. The van der Waals surface area contributed by atoms with E-state index in [9.17, 15) is 26.8 Å². The van der Waals surface area contributed by atoms with E-state index in [1.165, 1.54) is 56.5 Å². The van der Waals surface area contributed by atoms with E-state index in [1.807, 2.05) is 30.3 Å². The van der Waals surface area contributed by atoms with Gasteiger partial charge in [-0.05, 0) is 37.2 Å². The Morgan fingerprint density at radius 3 is 2.29 bits per heavy atom. The van der Waals surface area contributed by atoms with Gasteiger partial charge in [-0.1, -0.05) is 104 Å². The van der Waals surface area contributed by atoms with Gasteiger partial charge in [0.25, 0.3) is 0 Å². The molecule has 0 amide bonds. The molecule has 260 valence electrons. The molecule has 0 spiro atoms. The standard InChI is InChI=1S/C19H23ClN2O2S.C11H10Cl2F2N4O3S/c1-2-3-4-5-6-10-13-25-19(23)24-16-14-17(20)21-22-18(16)15-11-8-7-9-12-15;1-5-16-19(11(20)18(5)10(14)15)9-4-8(17-23(2,21)22)6(12)3-7(9)13/h7-9,11-12,14H,2-6,10,13H2,1H3;3-4,10,17H,1-2H3. The Morgan fingerprint density at radius 1 is 1.00 bits per heavy atom. The number of ether oxygens (including phenoxy) is 1. The largest absolute Gasteiger partial charge is 0.416 e. The van der Waals surface area contributed by atoms with Crippen molar-refractivity contribution in [2.75, 3.05) is 16.7 Å².